The van der Waals surface area contributed by atoms with Crippen LogP contribution in [-0.2, 0) is 4.79 Å². The minimum absolute atomic E-state index is 0.320. The quantitative estimate of drug-likeness (QED) is 0.877. The molecule has 3 atom stereocenters. The van der Waals surface area contributed by atoms with Crippen LogP contribution in [0.2, 0.25) is 0 Å². The van der Waals surface area contributed by atoms with Crippen LogP contribution in [0.15, 0.2) is 47.8 Å². The van der Waals surface area contributed by atoms with E-state index in [1.165, 1.54) is 4.88 Å². The Morgan fingerprint density at radius 2 is 2.12 bits per heavy atom. The number of nitrogens with one attached hydrogen (secondary N) is 1. The summed E-state index contributed by atoms with van der Waals surface area (Å²) in [7, 11) is 2.15. The van der Waals surface area contributed by atoms with Gasteiger partial charge in [-0.1, -0.05) is 36.4 Å². The molecule has 1 saturated heterocycles. The van der Waals surface area contributed by atoms with Crippen molar-refractivity contribution in [2.75, 3.05) is 20.1 Å². The maximum atomic E-state index is 12.3. The highest BCUT2D eigenvalue weighted by Crippen LogP contribution is 2.36. The molecule has 24 heavy (non-hydrogen) atoms. The Balaban J connectivity index is 1.63. The van der Waals surface area contributed by atoms with E-state index < -0.39 is 6.10 Å². The molecule has 0 radical (unpaired) electrons. The third-order valence-electron chi connectivity index (χ3n) is 4.74. The van der Waals surface area contributed by atoms with Crippen molar-refractivity contribution in [2.45, 2.75) is 25.0 Å². The van der Waals surface area contributed by atoms with Gasteiger partial charge in [-0.05, 0) is 49.4 Å². The molecule has 128 valence electrons. The van der Waals surface area contributed by atoms with Crippen LogP contribution in [0, 0.1) is 5.92 Å². The Kier molecular flexibility index (Phi) is 5.66. The van der Waals surface area contributed by atoms with E-state index in [0.717, 1.165) is 19.4 Å². The number of rotatable bonds is 5. The number of amides is 1. The molecule has 0 aliphatic carbocycles. The van der Waals surface area contributed by atoms with Crippen molar-refractivity contribution in [3.05, 3.63) is 58.3 Å². The first-order valence-electron chi connectivity index (χ1n) is 8.41. The second-order valence-electron chi connectivity index (χ2n) is 6.40. The standard InChI is InChI=1S/C19H24N2O2S/c1-21-11-5-9-15(17(21)16-10-6-12-24-16)13-20-19(23)18(22)14-7-3-2-4-8-14/h2-4,6-8,10,12,15,17-18,22H,5,9,11,13H2,1H3,(H,20,23). The zero-order valence-corrected chi connectivity index (χ0v) is 14.7. The van der Waals surface area contributed by atoms with Gasteiger partial charge < -0.3 is 10.4 Å². The average molecular weight is 344 g/mol. The minimum atomic E-state index is -1.10. The zero-order valence-electron chi connectivity index (χ0n) is 13.9. The SMILES string of the molecule is CN1CCCC(CNC(=O)C(O)c2ccccc2)C1c1cccs1. The van der Waals surface area contributed by atoms with Crippen LogP contribution in [0.1, 0.15) is 35.4 Å². The van der Waals surface area contributed by atoms with E-state index in [1.54, 1.807) is 23.5 Å². The molecule has 4 nitrogen and oxygen atoms in total. The maximum Gasteiger partial charge on any atom is 0.253 e. The fourth-order valence-corrected chi connectivity index (χ4v) is 4.48. The van der Waals surface area contributed by atoms with Gasteiger partial charge in [0.15, 0.2) is 6.10 Å². The maximum absolute atomic E-state index is 12.3. The van der Waals surface area contributed by atoms with Gasteiger partial charge in [-0.3, -0.25) is 9.69 Å². The van der Waals surface area contributed by atoms with E-state index in [9.17, 15) is 9.90 Å². The Labute approximate surface area is 147 Å². The van der Waals surface area contributed by atoms with Crippen LogP contribution in [0.5, 0.6) is 0 Å². The minimum Gasteiger partial charge on any atom is -0.378 e. The summed E-state index contributed by atoms with van der Waals surface area (Å²) in [5.74, 6) is 0.0497. The molecule has 1 fully saturated rings. The molecular weight excluding hydrogens is 320 g/mol. The van der Waals surface area contributed by atoms with Gasteiger partial charge in [0.2, 0.25) is 0 Å². The van der Waals surface area contributed by atoms with Crippen LogP contribution < -0.4 is 5.32 Å². The fraction of sp³-hybridized carbons (Fsp3) is 0.421. The molecule has 1 aromatic carbocycles. The second kappa shape index (κ2) is 7.92. The summed E-state index contributed by atoms with van der Waals surface area (Å²) < 4.78 is 0. The highest BCUT2D eigenvalue weighted by atomic mass is 32.1. The molecule has 1 amide bonds. The lowest BCUT2D eigenvalue weighted by atomic mass is 9.88. The van der Waals surface area contributed by atoms with Crippen molar-refractivity contribution in [2.24, 2.45) is 5.92 Å². The number of piperidine rings is 1. The van der Waals surface area contributed by atoms with Gasteiger partial charge in [-0.15, -0.1) is 11.3 Å². The fourth-order valence-electron chi connectivity index (χ4n) is 3.50. The Bertz CT molecular complexity index is 645. The molecule has 2 heterocycles. The van der Waals surface area contributed by atoms with Gasteiger partial charge in [-0.2, -0.15) is 0 Å². The second-order valence-corrected chi connectivity index (χ2v) is 7.38. The highest BCUT2D eigenvalue weighted by Gasteiger charge is 2.31. The summed E-state index contributed by atoms with van der Waals surface area (Å²) in [5, 5.41) is 15.3. The lowest BCUT2D eigenvalue weighted by Gasteiger charge is -2.39. The molecule has 0 saturated carbocycles. The first kappa shape index (κ1) is 17.1. The van der Waals surface area contributed by atoms with Gasteiger partial charge >= 0.3 is 0 Å². The summed E-state index contributed by atoms with van der Waals surface area (Å²) in [6.45, 7) is 1.68. The number of nitrogens with zero attached hydrogens (tertiary/aromatic N) is 1. The number of aliphatic hydroxyl groups excluding tert-OH is 1. The van der Waals surface area contributed by atoms with E-state index >= 15 is 0 Å². The van der Waals surface area contributed by atoms with E-state index in [-0.39, 0.29) is 5.91 Å². The number of hydrogen-bond acceptors (Lipinski definition) is 4. The summed E-state index contributed by atoms with van der Waals surface area (Å²) >= 11 is 1.77. The summed E-state index contributed by atoms with van der Waals surface area (Å²) in [6, 6.07) is 13.7. The van der Waals surface area contributed by atoms with E-state index in [0.29, 0.717) is 24.1 Å². The van der Waals surface area contributed by atoms with Crippen molar-refractivity contribution < 1.29 is 9.90 Å². The Hall–Kier alpha value is -1.69. The van der Waals surface area contributed by atoms with Crippen LogP contribution in [0.4, 0.5) is 0 Å². The molecule has 1 aliphatic rings. The summed E-state index contributed by atoms with van der Waals surface area (Å²) in [4.78, 5) is 16.0. The van der Waals surface area contributed by atoms with Gasteiger partial charge in [0.1, 0.15) is 0 Å². The Morgan fingerprint density at radius 3 is 2.83 bits per heavy atom. The zero-order chi connectivity index (χ0) is 16.9. The molecular formula is C19H24N2O2S. The monoisotopic (exact) mass is 344 g/mol. The van der Waals surface area contributed by atoms with Gasteiger partial charge in [-0.25, -0.2) is 0 Å². The summed E-state index contributed by atoms with van der Waals surface area (Å²) in [6.07, 6.45) is 1.13. The molecule has 2 aromatic rings. The number of aliphatic hydroxyl groups is 1. The van der Waals surface area contributed by atoms with Crippen LogP contribution in [-0.4, -0.2) is 36.1 Å². The molecule has 0 bridgehead atoms. The predicted octanol–water partition coefficient (Wildman–Crippen LogP) is 2.98. The van der Waals surface area contributed by atoms with Crippen molar-refractivity contribution in [1.82, 2.24) is 10.2 Å². The summed E-state index contributed by atoms with van der Waals surface area (Å²) in [5.41, 5.74) is 0.630. The van der Waals surface area contributed by atoms with Crippen LogP contribution in [0.3, 0.4) is 0 Å². The highest BCUT2D eigenvalue weighted by molar-refractivity contribution is 7.10. The number of carbonyl (C=O) groups excluding carboxylic acids is 1. The lowest BCUT2D eigenvalue weighted by molar-refractivity contribution is -0.130. The molecule has 1 aliphatic heterocycles. The topological polar surface area (TPSA) is 52.6 Å². The normalized spacial score (nSPS) is 22.9. The van der Waals surface area contributed by atoms with Crippen LogP contribution in [0.25, 0.3) is 0 Å². The molecule has 1 aromatic heterocycles. The van der Waals surface area contributed by atoms with Crippen molar-refractivity contribution in [3.8, 4) is 0 Å². The lowest BCUT2D eigenvalue weighted by Crippen LogP contribution is -2.42. The third kappa shape index (κ3) is 3.86. The van der Waals surface area contributed by atoms with Crippen molar-refractivity contribution >= 4 is 17.2 Å². The molecule has 2 N–H and O–H groups in total. The number of carbonyl (C=O) groups is 1. The molecule has 5 heteroatoms. The average Bonchev–Trinajstić information content (AvgIpc) is 3.14. The number of likely N-dealkylation sites (tertiary alicyclic amines) is 1. The largest absolute Gasteiger partial charge is 0.378 e. The van der Waals surface area contributed by atoms with Gasteiger partial charge in [0.05, 0.1) is 0 Å². The number of thiophene rings is 1. The van der Waals surface area contributed by atoms with Gasteiger partial charge in [0, 0.05) is 17.5 Å². The smallest absolute Gasteiger partial charge is 0.253 e. The first-order chi connectivity index (χ1) is 11.7. The van der Waals surface area contributed by atoms with Crippen molar-refractivity contribution in [1.29, 1.82) is 0 Å². The predicted molar refractivity (Wildman–Crippen MR) is 96.8 cm³/mol. The van der Waals surface area contributed by atoms with E-state index in [2.05, 4.69) is 34.8 Å². The van der Waals surface area contributed by atoms with Crippen molar-refractivity contribution in [3.63, 3.8) is 0 Å². The van der Waals surface area contributed by atoms with Crippen LogP contribution >= 0.6 is 11.3 Å². The third-order valence-corrected chi connectivity index (χ3v) is 5.69. The van der Waals surface area contributed by atoms with E-state index in [1.807, 2.05) is 18.2 Å². The first-order valence-corrected chi connectivity index (χ1v) is 9.29. The number of benzene rings is 1. The molecule has 3 rings (SSSR count). The van der Waals surface area contributed by atoms with Gasteiger partial charge in [0.25, 0.3) is 5.91 Å². The molecule has 3 unspecified atom stereocenters. The number of hydrogen-bond donors (Lipinski definition) is 2. The van der Waals surface area contributed by atoms with E-state index in [4.69, 9.17) is 0 Å². The Morgan fingerprint density at radius 1 is 1.33 bits per heavy atom. The molecule has 0 spiro atoms.